The molecule has 6 nitrogen and oxygen atoms in total. The zero-order valence-corrected chi connectivity index (χ0v) is 49.8. The fraction of sp³-hybridized carbons (Fsp3) is 0.882. The lowest BCUT2D eigenvalue weighted by molar-refractivity contribution is -0.143. The predicted octanol–water partition coefficient (Wildman–Crippen LogP) is 21.1. The summed E-state index contributed by atoms with van der Waals surface area (Å²) in [5.74, 6) is -0.0662. The molecule has 1 amide bonds. The highest BCUT2D eigenvalue weighted by molar-refractivity contribution is 5.76. The molecule has 2 unspecified atom stereocenters. The second-order valence-electron chi connectivity index (χ2n) is 22.8. The third-order valence-electron chi connectivity index (χ3n) is 15.4. The van der Waals surface area contributed by atoms with E-state index in [1.54, 1.807) is 6.08 Å². The fourth-order valence-electron chi connectivity index (χ4n) is 10.3. The first-order valence-electron chi connectivity index (χ1n) is 33.3. The van der Waals surface area contributed by atoms with Crippen molar-refractivity contribution in [1.82, 2.24) is 5.32 Å². The molecule has 0 fully saturated rings. The van der Waals surface area contributed by atoms with Gasteiger partial charge in [0.05, 0.1) is 25.4 Å². The Morgan fingerprint density at radius 2 is 0.635 bits per heavy atom. The van der Waals surface area contributed by atoms with Gasteiger partial charge in [-0.05, 0) is 83.5 Å². The van der Waals surface area contributed by atoms with Crippen molar-refractivity contribution in [3.8, 4) is 0 Å². The number of nitrogens with one attached hydrogen (secondary N) is 1. The second kappa shape index (κ2) is 63.6. The summed E-state index contributed by atoms with van der Waals surface area (Å²) in [5.41, 5.74) is 0. The average molecular weight is 1040 g/mol. The van der Waals surface area contributed by atoms with Crippen molar-refractivity contribution in [3.05, 3.63) is 36.5 Å². The number of aliphatic hydroxyl groups excluding tert-OH is 2. The van der Waals surface area contributed by atoms with Gasteiger partial charge >= 0.3 is 5.97 Å². The standard InChI is InChI=1S/C68H129NO5/c1-3-5-7-9-11-13-15-17-19-21-30-34-38-42-46-50-54-58-62-68(73)74-63-59-55-51-47-43-39-35-31-27-25-23-22-24-26-29-33-37-41-45-49-53-57-61-67(72)69-65(64-70)66(71)60-56-52-48-44-40-36-32-28-20-18-16-14-12-10-8-6-4-2/h19,21,24,26,56,60,65-66,70-71H,3-18,20,22-23,25,27-55,57-59,61-64H2,1-2H3,(H,69,72)/b21-19-,26-24-,60-56+. The van der Waals surface area contributed by atoms with Gasteiger partial charge in [-0.1, -0.05) is 301 Å². The van der Waals surface area contributed by atoms with Gasteiger partial charge in [0.1, 0.15) is 0 Å². The van der Waals surface area contributed by atoms with E-state index in [0.717, 1.165) is 51.4 Å². The number of carbonyl (C=O) groups excluding carboxylic acids is 2. The predicted molar refractivity (Wildman–Crippen MR) is 324 cm³/mol. The average Bonchev–Trinajstić information content (AvgIpc) is 3.40. The monoisotopic (exact) mass is 1040 g/mol. The van der Waals surface area contributed by atoms with Crippen LogP contribution in [-0.4, -0.2) is 47.4 Å². The van der Waals surface area contributed by atoms with Crippen LogP contribution in [0.5, 0.6) is 0 Å². The number of aliphatic hydroxyl groups is 2. The number of rotatable bonds is 62. The minimum absolute atomic E-state index is 0.00680. The Kier molecular flexibility index (Phi) is 62.0. The van der Waals surface area contributed by atoms with Crippen molar-refractivity contribution < 1.29 is 24.5 Å². The number of ether oxygens (including phenoxy) is 1. The van der Waals surface area contributed by atoms with Crippen LogP contribution < -0.4 is 5.32 Å². The van der Waals surface area contributed by atoms with Crippen LogP contribution in [0.15, 0.2) is 36.5 Å². The summed E-state index contributed by atoms with van der Waals surface area (Å²) in [4.78, 5) is 24.6. The lowest BCUT2D eigenvalue weighted by atomic mass is 10.0. The van der Waals surface area contributed by atoms with Crippen LogP contribution in [0.25, 0.3) is 0 Å². The number of hydrogen-bond acceptors (Lipinski definition) is 5. The minimum atomic E-state index is -0.849. The smallest absolute Gasteiger partial charge is 0.305 e. The van der Waals surface area contributed by atoms with Crippen molar-refractivity contribution >= 4 is 11.9 Å². The van der Waals surface area contributed by atoms with Crippen molar-refractivity contribution in [3.63, 3.8) is 0 Å². The third-order valence-corrected chi connectivity index (χ3v) is 15.4. The molecule has 0 aliphatic heterocycles. The van der Waals surface area contributed by atoms with Crippen molar-refractivity contribution in [2.75, 3.05) is 13.2 Å². The lowest BCUT2D eigenvalue weighted by Crippen LogP contribution is -2.45. The summed E-state index contributed by atoms with van der Waals surface area (Å²) in [7, 11) is 0. The van der Waals surface area contributed by atoms with E-state index in [4.69, 9.17) is 4.74 Å². The van der Waals surface area contributed by atoms with Crippen molar-refractivity contribution in [2.45, 2.75) is 373 Å². The zero-order chi connectivity index (χ0) is 53.6. The molecule has 0 saturated heterocycles. The van der Waals surface area contributed by atoms with Crippen LogP contribution in [0.1, 0.15) is 361 Å². The molecule has 0 radical (unpaired) electrons. The van der Waals surface area contributed by atoms with Gasteiger partial charge in [0.15, 0.2) is 0 Å². The quantitative estimate of drug-likeness (QED) is 0.0320. The Bertz CT molecular complexity index is 1200. The third kappa shape index (κ3) is 59.3. The first kappa shape index (κ1) is 72.1. The molecule has 0 aromatic heterocycles. The van der Waals surface area contributed by atoms with E-state index in [2.05, 4.69) is 43.5 Å². The molecule has 3 N–H and O–H groups in total. The molecule has 0 aromatic carbocycles. The molecule has 0 aromatic rings. The molecular formula is C68H129NO5. The molecule has 6 heteroatoms. The van der Waals surface area contributed by atoms with E-state index in [-0.39, 0.29) is 18.5 Å². The van der Waals surface area contributed by atoms with Gasteiger partial charge in [-0.25, -0.2) is 0 Å². The summed E-state index contributed by atoms with van der Waals surface area (Å²) >= 11 is 0. The SMILES string of the molecule is CCCCCCCCC/C=C\CCCCCCCCCC(=O)OCCCCCCCCCCCCC/C=C\CCCCCCCCCC(=O)NC(CO)C(O)/C=C/CCCCCCCCCCCCCCCCC. The highest BCUT2D eigenvalue weighted by atomic mass is 16.5. The molecule has 0 rings (SSSR count). The zero-order valence-electron chi connectivity index (χ0n) is 49.8. The molecule has 0 aliphatic carbocycles. The maximum Gasteiger partial charge on any atom is 0.305 e. The van der Waals surface area contributed by atoms with E-state index in [9.17, 15) is 19.8 Å². The first-order valence-corrected chi connectivity index (χ1v) is 33.3. The maximum atomic E-state index is 12.5. The highest BCUT2D eigenvalue weighted by Gasteiger charge is 2.18. The van der Waals surface area contributed by atoms with Crippen molar-refractivity contribution in [2.24, 2.45) is 0 Å². The Balaban J connectivity index is 3.43. The molecule has 0 aliphatic rings. The Morgan fingerprint density at radius 3 is 0.959 bits per heavy atom. The van der Waals surface area contributed by atoms with Crippen LogP contribution in [0.3, 0.4) is 0 Å². The molecule has 2 atom stereocenters. The van der Waals surface area contributed by atoms with E-state index in [1.807, 2.05) is 6.08 Å². The molecule has 0 bridgehead atoms. The van der Waals surface area contributed by atoms with E-state index >= 15 is 0 Å². The van der Waals surface area contributed by atoms with Gasteiger partial charge in [-0.3, -0.25) is 9.59 Å². The fourth-order valence-corrected chi connectivity index (χ4v) is 10.3. The number of unbranched alkanes of at least 4 members (excludes halogenated alkanes) is 47. The molecule has 74 heavy (non-hydrogen) atoms. The number of amides is 1. The number of allylic oxidation sites excluding steroid dienone is 5. The van der Waals surface area contributed by atoms with E-state index in [1.165, 1.54) is 283 Å². The lowest BCUT2D eigenvalue weighted by Gasteiger charge is -2.20. The summed E-state index contributed by atoms with van der Waals surface area (Å²) in [5, 5.41) is 23.2. The topological polar surface area (TPSA) is 95.9 Å². The van der Waals surface area contributed by atoms with E-state index < -0.39 is 12.1 Å². The van der Waals surface area contributed by atoms with Gasteiger partial charge < -0.3 is 20.3 Å². The summed E-state index contributed by atoms with van der Waals surface area (Å²) < 4.78 is 5.50. The van der Waals surface area contributed by atoms with Crippen LogP contribution >= 0.6 is 0 Å². The number of carbonyl (C=O) groups is 2. The van der Waals surface area contributed by atoms with E-state index in [0.29, 0.717) is 19.4 Å². The molecule has 436 valence electrons. The van der Waals surface area contributed by atoms with Crippen LogP contribution in [0.2, 0.25) is 0 Å². The summed E-state index contributed by atoms with van der Waals surface area (Å²) in [6.07, 6.45) is 80.5. The Morgan fingerprint density at radius 1 is 0.365 bits per heavy atom. The number of esters is 1. The Labute approximate surface area is 462 Å². The largest absolute Gasteiger partial charge is 0.466 e. The van der Waals surface area contributed by atoms with Crippen LogP contribution in [-0.2, 0) is 14.3 Å². The summed E-state index contributed by atoms with van der Waals surface area (Å²) in [6, 6.07) is -0.634. The summed E-state index contributed by atoms with van der Waals surface area (Å²) in [6.45, 7) is 4.92. The number of hydrogen-bond donors (Lipinski definition) is 3. The normalized spacial score (nSPS) is 12.8. The van der Waals surface area contributed by atoms with Crippen LogP contribution in [0, 0.1) is 0 Å². The molecular weight excluding hydrogens is 911 g/mol. The van der Waals surface area contributed by atoms with Gasteiger partial charge in [0.2, 0.25) is 5.91 Å². The van der Waals surface area contributed by atoms with Crippen LogP contribution in [0.4, 0.5) is 0 Å². The second-order valence-corrected chi connectivity index (χ2v) is 22.8. The minimum Gasteiger partial charge on any atom is -0.466 e. The van der Waals surface area contributed by atoms with Crippen molar-refractivity contribution in [1.29, 1.82) is 0 Å². The highest BCUT2D eigenvalue weighted by Crippen LogP contribution is 2.17. The molecule has 0 spiro atoms. The van der Waals surface area contributed by atoms with Gasteiger partial charge in [-0.15, -0.1) is 0 Å². The van der Waals surface area contributed by atoms with Gasteiger partial charge in [0, 0.05) is 12.8 Å². The Hall–Kier alpha value is -1.92. The van der Waals surface area contributed by atoms with Gasteiger partial charge in [-0.2, -0.15) is 0 Å². The first-order chi connectivity index (χ1) is 36.5. The molecule has 0 heterocycles. The van der Waals surface area contributed by atoms with Gasteiger partial charge in [0.25, 0.3) is 0 Å². The molecule has 0 saturated carbocycles. The maximum absolute atomic E-state index is 12.5.